The van der Waals surface area contributed by atoms with Crippen LogP contribution in [0, 0.1) is 13.7 Å². The molecule has 0 aliphatic heterocycles. The van der Waals surface area contributed by atoms with Crippen molar-refractivity contribution in [1.29, 1.82) is 0 Å². The highest BCUT2D eigenvalue weighted by Gasteiger charge is 2.12. The van der Waals surface area contributed by atoms with E-state index in [4.69, 9.17) is 9.47 Å². The first-order valence-electron chi connectivity index (χ1n) is 9.90. The maximum atomic E-state index is 12.0. The number of nitrogens with zero attached hydrogens (tertiary/aromatic N) is 2. The van der Waals surface area contributed by atoms with Crippen LogP contribution in [0.3, 0.4) is 0 Å². The van der Waals surface area contributed by atoms with Gasteiger partial charge < -0.3 is 14.8 Å². The molecule has 9 nitrogen and oxygen atoms in total. The number of halogens is 2. The van der Waals surface area contributed by atoms with Gasteiger partial charge in [0, 0.05) is 22.3 Å². The number of amides is 1. The first-order valence-corrected chi connectivity index (χ1v) is 11.8. The lowest BCUT2D eigenvalue weighted by atomic mass is 10.2. The van der Waals surface area contributed by atoms with Gasteiger partial charge in [0.15, 0.2) is 11.5 Å². The Balaban J connectivity index is 1.57. The Labute approximate surface area is 218 Å². The topological polar surface area (TPSA) is 115 Å². The van der Waals surface area contributed by atoms with Gasteiger partial charge in [-0.05, 0) is 82.2 Å². The summed E-state index contributed by atoms with van der Waals surface area (Å²) < 4.78 is 13.1. The van der Waals surface area contributed by atoms with Gasteiger partial charge in [-0.25, -0.2) is 5.43 Å². The van der Waals surface area contributed by atoms with Gasteiger partial charge in [-0.3, -0.25) is 14.9 Å². The maximum Gasteiger partial charge on any atom is 0.269 e. The van der Waals surface area contributed by atoms with E-state index < -0.39 is 4.92 Å². The Morgan fingerprint density at radius 1 is 1.18 bits per heavy atom. The molecule has 11 heteroatoms. The number of nitro groups is 1. The fourth-order valence-electron chi connectivity index (χ4n) is 2.79. The smallest absolute Gasteiger partial charge is 0.269 e. The summed E-state index contributed by atoms with van der Waals surface area (Å²) in [5, 5.41) is 17.8. The van der Waals surface area contributed by atoms with E-state index in [1.165, 1.54) is 25.5 Å². The van der Waals surface area contributed by atoms with Crippen LogP contribution < -0.4 is 20.2 Å². The largest absolute Gasteiger partial charge is 0.493 e. The van der Waals surface area contributed by atoms with Crippen molar-refractivity contribution in [3.63, 3.8) is 0 Å². The van der Waals surface area contributed by atoms with Crippen LogP contribution >= 0.6 is 38.5 Å². The Bertz CT molecular complexity index is 1190. The summed E-state index contributed by atoms with van der Waals surface area (Å²) in [5.74, 6) is 0.753. The van der Waals surface area contributed by atoms with E-state index >= 15 is 0 Å². The van der Waals surface area contributed by atoms with Gasteiger partial charge in [0.25, 0.3) is 11.6 Å². The standard InChI is InChI=1S/C23H20BrIN4O5/c1-33-21-11-16(12-27-28-22(30)13-26-18-6-4-17(24)5-7-18)10-20(25)23(21)34-14-15-2-8-19(9-3-15)29(31)32/h2-12,26H,13-14H2,1H3,(H,28,30)/b27-12-. The molecule has 0 aliphatic rings. The summed E-state index contributed by atoms with van der Waals surface area (Å²) >= 11 is 5.49. The van der Waals surface area contributed by atoms with Gasteiger partial charge in [-0.2, -0.15) is 5.10 Å². The van der Waals surface area contributed by atoms with Gasteiger partial charge in [0.05, 0.1) is 28.4 Å². The van der Waals surface area contributed by atoms with E-state index in [0.717, 1.165) is 19.3 Å². The number of carbonyl (C=O) groups is 1. The van der Waals surface area contributed by atoms with Crippen molar-refractivity contribution in [2.45, 2.75) is 6.61 Å². The third kappa shape index (κ3) is 7.42. The van der Waals surface area contributed by atoms with Crippen molar-refractivity contribution >= 4 is 62.0 Å². The number of anilines is 1. The maximum absolute atomic E-state index is 12.0. The number of non-ortho nitro benzene ring substituents is 1. The van der Waals surface area contributed by atoms with Gasteiger partial charge >= 0.3 is 0 Å². The zero-order chi connectivity index (χ0) is 24.5. The monoisotopic (exact) mass is 638 g/mol. The lowest BCUT2D eigenvalue weighted by molar-refractivity contribution is -0.384. The van der Waals surface area contributed by atoms with Crippen LogP contribution in [-0.2, 0) is 11.4 Å². The van der Waals surface area contributed by atoms with Crippen LogP contribution in [0.2, 0.25) is 0 Å². The fraction of sp³-hybridized carbons (Fsp3) is 0.130. The highest BCUT2D eigenvalue weighted by Crippen LogP contribution is 2.34. The normalized spacial score (nSPS) is 10.7. The molecule has 3 aromatic rings. The second-order valence-electron chi connectivity index (χ2n) is 6.90. The summed E-state index contributed by atoms with van der Waals surface area (Å²) in [5.41, 5.74) is 4.83. The molecule has 0 atom stereocenters. The van der Waals surface area contributed by atoms with E-state index in [9.17, 15) is 14.9 Å². The summed E-state index contributed by atoms with van der Waals surface area (Å²) in [6.07, 6.45) is 1.52. The van der Waals surface area contributed by atoms with Crippen molar-refractivity contribution in [3.05, 3.63) is 89.9 Å². The molecule has 176 valence electrons. The lowest BCUT2D eigenvalue weighted by Gasteiger charge is -2.13. The summed E-state index contributed by atoms with van der Waals surface area (Å²) in [6, 6.07) is 17.2. The molecular formula is C23H20BrIN4O5. The van der Waals surface area contributed by atoms with Crippen LogP contribution in [-0.4, -0.2) is 30.7 Å². The predicted molar refractivity (Wildman–Crippen MR) is 142 cm³/mol. The second kappa shape index (κ2) is 12.3. The zero-order valence-corrected chi connectivity index (χ0v) is 21.7. The van der Waals surface area contributed by atoms with Crippen molar-refractivity contribution in [2.24, 2.45) is 5.10 Å². The number of hydrogen-bond acceptors (Lipinski definition) is 7. The molecule has 1 amide bonds. The first kappa shape index (κ1) is 25.4. The summed E-state index contributed by atoms with van der Waals surface area (Å²) in [6.45, 7) is 0.300. The number of nitro benzene ring substituents is 1. The minimum Gasteiger partial charge on any atom is -0.493 e. The number of benzene rings is 3. The second-order valence-corrected chi connectivity index (χ2v) is 8.98. The number of methoxy groups -OCH3 is 1. The summed E-state index contributed by atoms with van der Waals surface area (Å²) in [4.78, 5) is 22.4. The Morgan fingerprint density at radius 2 is 1.88 bits per heavy atom. The molecule has 0 saturated heterocycles. The minimum absolute atomic E-state index is 0.0238. The lowest BCUT2D eigenvalue weighted by Crippen LogP contribution is -2.25. The van der Waals surface area contributed by atoms with E-state index in [1.54, 1.807) is 18.2 Å². The molecule has 0 heterocycles. The number of nitrogens with one attached hydrogen (secondary N) is 2. The molecule has 0 bridgehead atoms. The molecule has 2 N–H and O–H groups in total. The molecule has 0 radical (unpaired) electrons. The molecule has 3 aromatic carbocycles. The molecular weight excluding hydrogens is 619 g/mol. The van der Waals surface area contributed by atoms with Gasteiger partial charge in [0.1, 0.15) is 6.61 Å². The molecule has 3 rings (SSSR count). The van der Waals surface area contributed by atoms with Crippen molar-refractivity contribution in [3.8, 4) is 11.5 Å². The zero-order valence-electron chi connectivity index (χ0n) is 18.0. The van der Waals surface area contributed by atoms with Gasteiger partial charge in [0.2, 0.25) is 0 Å². The number of rotatable bonds is 10. The third-order valence-electron chi connectivity index (χ3n) is 4.48. The molecule has 34 heavy (non-hydrogen) atoms. The highest BCUT2D eigenvalue weighted by atomic mass is 127. The van der Waals surface area contributed by atoms with Crippen LogP contribution in [0.1, 0.15) is 11.1 Å². The molecule has 0 unspecified atom stereocenters. The molecule has 0 aromatic heterocycles. The van der Waals surface area contributed by atoms with Gasteiger partial charge in [-0.1, -0.05) is 15.9 Å². The number of carbonyl (C=O) groups excluding carboxylic acids is 1. The Kier molecular flexibility index (Phi) is 9.22. The van der Waals surface area contributed by atoms with Crippen molar-refractivity contribution in [2.75, 3.05) is 19.0 Å². The van der Waals surface area contributed by atoms with Crippen LogP contribution in [0.15, 0.2) is 70.2 Å². The average molecular weight is 639 g/mol. The van der Waals surface area contributed by atoms with Crippen LogP contribution in [0.5, 0.6) is 11.5 Å². The number of hydrazone groups is 1. The van der Waals surface area contributed by atoms with E-state index in [2.05, 4.69) is 54.4 Å². The fourth-order valence-corrected chi connectivity index (χ4v) is 3.84. The van der Waals surface area contributed by atoms with Crippen LogP contribution in [0.25, 0.3) is 0 Å². The van der Waals surface area contributed by atoms with Crippen molar-refractivity contribution in [1.82, 2.24) is 5.43 Å². The molecule has 0 spiro atoms. The predicted octanol–water partition coefficient (Wildman–Crippen LogP) is 5.11. The minimum atomic E-state index is -0.446. The van der Waals surface area contributed by atoms with Gasteiger partial charge in [-0.15, -0.1) is 0 Å². The van der Waals surface area contributed by atoms with Crippen LogP contribution in [0.4, 0.5) is 11.4 Å². The molecule has 0 fully saturated rings. The van der Waals surface area contributed by atoms with E-state index in [1.807, 2.05) is 30.3 Å². The SMILES string of the molecule is COc1cc(/C=N\NC(=O)CNc2ccc(Br)cc2)cc(I)c1OCc1ccc([N+](=O)[O-])cc1. The molecule has 0 aliphatic carbocycles. The molecule has 0 saturated carbocycles. The Morgan fingerprint density at radius 3 is 2.53 bits per heavy atom. The highest BCUT2D eigenvalue weighted by molar-refractivity contribution is 14.1. The Hall–Kier alpha value is -3.19. The third-order valence-corrected chi connectivity index (χ3v) is 5.81. The quantitative estimate of drug-likeness (QED) is 0.138. The number of hydrogen-bond donors (Lipinski definition) is 2. The summed E-state index contributed by atoms with van der Waals surface area (Å²) in [7, 11) is 1.53. The number of ether oxygens (including phenoxy) is 2. The van der Waals surface area contributed by atoms with E-state index in [-0.39, 0.29) is 24.7 Å². The van der Waals surface area contributed by atoms with E-state index in [0.29, 0.717) is 17.1 Å². The van der Waals surface area contributed by atoms with Crippen molar-refractivity contribution < 1.29 is 19.2 Å². The average Bonchev–Trinajstić information content (AvgIpc) is 2.83. The first-order chi connectivity index (χ1) is 16.4.